The van der Waals surface area contributed by atoms with Gasteiger partial charge in [0.05, 0.1) is 39.6 Å². The fourth-order valence-corrected chi connectivity index (χ4v) is 15.1. The largest absolute Gasteiger partial charge is 0.395 e. The van der Waals surface area contributed by atoms with Crippen LogP contribution in [0.4, 0.5) is 0 Å². The summed E-state index contributed by atoms with van der Waals surface area (Å²) >= 11 is 7.12. The maximum Gasteiger partial charge on any atom is 0.143 e. The van der Waals surface area contributed by atoms with Crippen LogP contribution < -0.4 is 0 Å². The molecule has 91 heavy (non-hydrogen) atoms. The maximum absolute atomic E-state index is 8.93. The average molecular weight is 1360 g/mol. The Morgan fingerprint density at radius 3 is 0.681 bits per heavy atom. The number of halogens is 1. The molecule has 9 aromatic rings. The zero-order chi connectivity index (χ0) is 64.8. The predicted octanol–water partition coefficient (Wildman–Crippen LogP) is 18.7. The number of ether oxygens (including phenoxy) is 3. The lowest BCUT2D eigenvalue weighted by Crippen LogP contribution is -2.33. The van der Waals surface area contributed by atoms with E-state index in [1.165, 1.54) is 19.6 Å². The fraction of sp³-hybridized carbons (Fsp3) is 0.299. The third-order valence-corrected chi connectivity index (χ3v) is 21.9. The van der Waals surface area contributed by atoms with E-state index in [9.17, 15) is 0 Å². The van der Waals surface area contributed by atoms with E-state index in [2.05, 4.69) is 226 Å². The Bertz CT molecular complexity index is 2840. The van der Waals surface area contributed by atoms with Gasteiger partial charge in [-0.2, -0.15) is 0 Å². The molecule has 0 fully saturated rings. The van der Waals surface area contributed by atoms with Crippen molar-refractivity contribution in [2.45, 2.75) is 43.8 Å². The van der Waals surface area contributed by atoms with Crippen LogP contribution in [0.2, 0.25) is 0 Å². The lowest BCUT2D eigenvalue weighted by Gasteiger charge is -2.36. The maximum atomic E-state index is 8.93. The van der Waals surface area contributed by atoms with Gasteiger partial charge in [-0.3, -0.25) is 0 Å². The van der Waals surface area contributed by atoms with Gasteiger partial charge in [-0.25, -0.2) is 0 Å². The fourth-order valence-electron chi connectivity index (χ4n) is 9.87. The van der Waals surface area contributed by atoms with Gasteiger partial charge in [-0.05, 0) is 76.6 Å². The second-order valence-electron chi connectivity index (χ2n) is 19.9. The van der Waals surface area contributed by atoms with E-state index >= 15 is 0 Å². The number of alkyl halides is 1. The number of rotatable bonds is 33. The third-order valence-electron chi connectivity index (χ3n) is 14.2. The average Bonchev–Trinajstić information content (AvgIpc) is 0.861. The van der Waals surface area contributed by atoms with Crippen LogP contribution in [0, 0.1) is 0 Å². The number of hydrogen-bond acceptors (Lipinski definition) is 13. The van der Waals surface area contributed by atoms with Crippen LogP contribution in [0.3, 0.4) is 0 Å². The van der Waals surface area contributed by atoms with E-state index in [4.69, 9.17) is 41.1 Å². The van der Waals surface area contributed by atoms with Crippen molar-refractivity contribution in [2.24, 2.45) is 0 Å². The van der Waals surface area contributed by atoms with Gasteiger partial charge in [0.15, 0.2) is 0 Å². The molecule has 0 unspecified atom stereocenters. The highest BCUT2D eigenvalue weighted by Gasteiger charge is 2.39. The van der Waals surface area contributed by atoms with E-state index in [0.717, 1.165) is 97.8 Å². The van der Waals surface area contributed by atoms with Crippen molar-refractivity contribution in [3.63, 3.8) is 0 Å². The van der Waals surface area contributed by atoms with Crippen molar-refractivity contribution in [2.75, 3.05) is 100 Å². The summed E-state index contributed by atoms with van der Waals surface area (Å²) in [6.45, 7) is 15.7. The molecule has 0 heterocycles. The molecule has 0 aromatic heterocycles. The Balaban J connectivity index is 0.000000225. The highest BCUT2D eigenvalue weighted by Crippen LogP contribution is 2.44. The summed E-state index contributed by atoms with van der Waals surface area (Å²) in [5.41, 5.74) is 8.77. The quantitative estimate of drug-likeness (QED) is 0.0158. The van der Waals surface area contributed by atoms with Crippen molar-refractivity contribution in [1.82, 2.24) is 4.90 Å². The van der Waals surface area contributed by atoms with Crippen LogP contribution >= 0.6 is 76.4 Å². The van der Waals surface area contributed by atoms with Gasteiger partial charge in [0, 0.05) is 41.1 Å². The first-order valence-corrected chi connectivity index (χ1v) is 39.0. The minimum atomic E-state index is -0.649. The Labute approximate surface area is 573 Å². The van der Waals surface area contributed by atoms with Gasteiger partial charge in [-0.1, -0.05) is 359 Å². The molecule has 14 heteroatoms. The van der Waals surface area contributed by atoms with Gasteiger partial charge in [0.1, 0.15) is 16.1 Å². The molecular weight excluding hydrogens is 1260 g/mol. The van der Waals surface area contributed by atoms with Gasteiger partial charge in [0.2, 0.25) is 0 Å². The molecule has 0 aliphatic heterocycles. The van der Waals surface area contributed by atoms with Crippen LogP contribution in [0.15, 0.2) is 273 Å². The highest BCUT2D eigenvalue weighted by atomic mass is 35.5. The second-order valence-corrected chi connectivity index (χ2v) is 28.6. The number of nitrogens with zero attached hydrogens (tertiary/aromatic N) is 1. The number of benzene rings is 9. The minimum absolute atomic E-state index is 0.209. The number of aliphatic hydroxyl groups is 3. The summed E-state index contributed by atoms with van der Waals surface area (Å²) in [7, 11) is 10.3. The zero-order valence-electron chi connectivity index (χ0n) is 53.1. The molecule has 484 valence electrons. The van der Waals surface area contributed by atoms with E-state index < -0.39 is 16.1 Å². The van der Waals surface area contributed by atoms with Gasteiger partial charge in [0.25, 0.3) is 0 Å². The van der Waals surface area contributed by atoms with Crippen LogP contribution in [-0.4, -0.2) is 121 Å². The molecule has 0 amide bonds. The summed E-state index contributed by atoms with van der Waals surface area (Å²) in [6, 6.07) is 93.5. The smallest absolute Gasteiger partial charge is 0.143 e. The van der Waals surface area contributed by atoms with Gasteiger partial charge >= 0.3 is 0 Å². The first-order valence-electron chi connectivity index (χ1n) is 31.2. The van der Waals surface area contributed by atoms with Crippen LogP contribution in [0.5, 0.6) is 0 Å². The highest BCUT2D eigenvalue weighted by molar-refractivity contribution is 8.77. The molecule has 0 aliphatic rings. The lowest BCUT2D eigenvalue weighted by molar-refractivity contribution is 0.0233. The Morgan fingerprint density at radius 1 is 0.297 bits per heavy atom. The number of hydrogen-bond donors (Lipinski definition) is 3. The summed E-state index contributed by atoms with van der Waals surface area (Å²) in [6.07, 6.45) is 0. The molecule has 0 bridgehead atoms. The van der Waals surface area contributed by atoms with Crippen LogP contribution in [0.25, 0.3) is 0 Å². The molecule has 0 spiro atoms. The number of aliphatic hydroxyl groups excluding tert-OH is 3. The molecule has 0 aliphatic carbocycles. The monoisotopic (exact) mass is 1350 g/mol. The normalized spacial score (nSPS) is 11.2. The van der Waals surface area contributed by atoms with Gasteiger partial charge in [-0.15, -0.1) is 11.6 Å². The molecule has 0 radical (unpaired) electrons. The standard InChI is InChI=1S/C25H28O2S2.C23H24O2S2.C19H15Cl.C6H15N.C4H10O2S2/c1-2-26-18-20-28-29-21-19-27-25(22-12-6-3-7-13-22,23-14-8-4-9-15-23)24-16-10-5-11-17-24;24-16-18-26-27-19-17-25-23(20-10-4-1-5-11-20,21-12-6-2-7-13-21)22-14-8-3-9-15-22;20-19(16-10-4-1-5-11-16,17-12-6-2-7-13-17)18-14-8-3-9-15-18;1-4-7(5-2)6-3;5-1-3-7-8-4-2-6/h3-17H,2,18-21H2,1H3;1-15,24H,16-19H2;1-15H;4-6H2,1-3H3;5-6H,1-4H2. The topological polar surface area (TPSA) is 91.6 Å². The molecule has 0 atom stereocenters. The minimum Gasteiger partial charge on any atom is -0.395 e. The van der Waals surface area contributed by atoms with Crippen LogP contribution in [-0.2, 0) is 30.3 Å². The van der Waals surface area contributed by atoms with E-state index in [-0.39, 0.29) is 19.8 Å². The first kappa shape index (κ1) is 76.8. The molecule has 3 N–H and O–H groups in total. The molecule has 0 saturated heterocycles. The summed E-state index contributed by atoms with van der Waals surface area (Å²) < 4.78 is 18.8. The van der Waals surface area contributed by atoms with E-state index in [1.807, 2.05) is 101 Å². The van der Waals surface area contributed by atoms with Crippen LogP contribution in [0.1, 0.15) is 77.8 Å². The Kier molecular flexibility index (Phi) is 39.7. The predicted molar refractivity (Wildman–Crippen MR) is 401 cm³/mol. The SMILES string of the molecule is CCN(CC)CC.CCOCCSSCCOC(c1ccccc1)(c1ccccc1)c1ccccc1.ClC(c1ccccc1)(c1ccccc1)c1ccccc1.OCCSSCCO.OCCSSCCOC(c1ccccc1)(c1ccccc1)c1ccccc1. The molecule has 9 aromatic carbocycles. The van der Waals surface area contributed by atoms with Crippen molar-refractivity contribution >= 4 is 76.4 Å². The van der Waals surface area contributed by atoms with Crippen molar-refractivity contribution in [3.8, 4) is 0 Å². The summed E-state index contributed by atoms with van der Waals surface area (Å²) in [4.78, 5) is 1.73. The first-order chi connectivity index (χ1) is 44.8. The van der Waals surface area contributed by atoms with Gasteiger partial charge < -0.3 is 34.4 Å². The molecule has 0 saturated carbocycles. The Hall–Kier alpha value is -4.91. The Morgan fingerprint density at radius 2 is 0.495 bits per heavy atom. The van der Waals surface area contributed by atoms with Crippen molar-refractivity contribution < 1.29 is 29.5 Å². The van der Waals surface area contributed by atoms with Crippen molar-refractivity contribution in [1.29, 1.82) is 0 Å². The summed E-state index contributed by atoms with van der Waals surface area (Å²) in [5.74, 6) is 5.03. The summed E-state index contributed by atoms with van der Waals surface area (Å²) in [5, 5.41) is 25.5. The molecule has 7 nitrogen and oxygen atoms in total. The zero-order valence-corrected chi connectivity index (χ0v) is 58.8. The van der Waals surface area contributed by atoms with E-state index in [0.29, 0.717) is 13.2 Å². The van der Waals surface area contributed by atoms with Crippen molar-refractivity contribution in [3.05, 3.63) is 323 Å². The third kappa shape index (κ3) is 25.4. The molecular formula is C77H92ClNO6S6. The van der Waals surface area contributed by atoms with E-state index in [1.54, 1.807) is 43.2 Å². The molecule has 9 rings (SSSR count). The second kappa shape index (κ2) is 47.0. The lowest BCUT2D eigenvalue weighted by atomic mass is 9.80.